The Kier molecular flexibility index (Phi) is 5.76. The molecular weight excluding hydrogens is 344 g/mol. The lowest BCUT2D eigenvalue weighted by Gasteiger charge is -2.17. The molecule has 0 saturated carbocycles. The number of hydrogen-bond acceptors (Lipinski definition) is 4. The van der Waals surface area contributed by atoms with Gasteiger partial charge in [-0.25, -0.2) is 0 Å². The quantitative estimate of drug-likeness (QED) is 0.343. The first-order chi connectivity index (χ1) is 13.1. The van der Waals surface area contributed by atoms with E-state index in [1.165, 1.54) is 0 Å². The van der Waals surface area contributed by atoms with Crippen molar-refractivity contribution < 1.29 is 14.4 Å². The molecule has 140 valence electrons. The van der Waals surface area contributed by atoms with Crippen LogP contribution in [0.4, 0.5) is 0 Å². The summed E-state index contributed by atoms with van der Waals surface area (Å²) in [6, 6.07) is 13.3. The molecule has 0 bridgehead atoms. The second-order valence-electron chi connectivity index (χ2n) is 6.10. The van der Waals surface area contributed by atoms with Gasteiger partial charge in [0.15, 0.2) is 11.5 Å². The minimum atomic E-state index is -0.399. The molecule has 1 aromatic heterocycles. The fourth-order valence-electron chi connectivity index (χ4n) is 3.19. The Bertz CT molecular complexity index is 948. The van der Waals surface area contributed by atoms with Gasteiger partial charge in [0, 0.05) is 22.0 Å². The van der Waals surface area contributed by atoms with Gasteiger partial charge in [0.05, 0.1) is 12.5 Å². The number of hydrogen-bond donors (Lipinski definition) is 1. The van der Waals surface area contributed by atoms with Crippen molar-refractivity contribution in [2.45, 2.75) is 12.8 Å². The standard InChI is InChI=1S/C21H22N2O4/c1-3-11-27-20-10-9-15(12-21(20)26-4-2)18(14-23(24)25)17-13-22-19-8-6-5-7-16(17)19/h3,5-10,12-13,18,22H,1,4,11,14H2,2H3/t18-/m0/s1. The summed E-state index contributed by atoms with van der Waals surface area (Å²) in [6.07, 6.45) is 3.51. The van der Waals surface area contributed by atoms with Crippen molar-refractivity contribution in [2.75, 3.05) is 19.8 Å². The molecule has 2 aromatic carbocycles. The molecule has 0 amide bonds. The summed E-state index contributed by atoms with van der Waals surface area (Å²) < 4.78 is 11.3. The number of ether oxygens (including phenoxy) is 2. The third kappa shape index (κ3) is 4.11. The fourth-order valence-corrected chi connectivity index (χ4v) is 3.19. The lowest BCUT2D eigenvalue weighted by atomic mass is 9.90. The van der Waals surface area contributed by atoms with E-state index in [0.29, 0.717) is 24.7 Å². The Balaban J connectivity index is 2.06. The first-order valence-electron chi connectivity index (χ1n) is 8.82. The molecule has 1 N–H and O–H groups in total. The topological polar surface area (TPSA) is 77.4 Å². The van der Waals surface area contributed by atoms with Crippen LogP contribution in [0.1, 0.15) is 24.0 Å². The summed E-state index contributed by atoms with van der Waals surface area (Å²) in [5.74, 6) is 0.771. The van der Waals surface area contributed by atoms with E-state index < -0.39 is 5.92 Å². The zero-order chi connectivity index (χ0) is 19.2. The van der Waals surface area contributed by atoms with Crippen molar-refractivity contribution in [3.8, 4) is 11.5 Å². The van der Waals surface area contributed by atoms with Gasteiger partial charge in [-0.15, -0.1) is 0 Å². The Morgan fingerprint density at radius 2 is 2.04 bits per heavy atom. The van der Waals surface area contributed by atoms with Crippen LogP contribution in [-0.4, -0.2) is 29.7 Å². The molecule has 6 nitrogen and oxygen atoms in total. The van der Waals surface area contributed by atoms with E-state index in [-0.39, 0.29) is 11.5 Å². The third-order valence-corrected chi connectivity index (χ3v) is 4.35. The van der Waals surface area contributed by atoms with Gasteiger partial charge < -0.3 is 14.5 Å². The number of rotatable bonds is 9. The highest BCUT2D eigenvalue weighted by Crippen LogP contribution is 2.36. The Labute approximate surface area is 157 Å². The van der Waals surface area contributed by atoms with E-state index >= 15 is 0 Å². The Hall–Kier alpha value is -3.28. The molecule has 27 heavy (non-hydrogen) atoms. The van der Waals surface area contributed by atoms with Gasteiger partial charge >= 0.3 is 0 Å². The van der Waals surface area contributed by atoms with Crippen molar-refractivity contribution in [1.82, 2.24) is 4.98 Å². The number of nitro groups is 1. The minimum absolute atomic E-state index is 0.208. The van der Waals surface area contributed by atoms with Crippen LogP contribution in [-0.2, 0) is 0 Å². The molecular formula is C21H22N2O4. The highest BCUT2D eigenvalue weighted by molar-refractivity contribution is 5.84. The van der Waals surface area contributed by atoms with Gasteiger partial charge in [-0.05, 0) is 36.2 Å². The summed E-state index contributed by atoms with van der Waals surface area (Å²) in [5, 5.41) is 12.3. The normalized spacial score (nSPS) is 11.9. The van der Waals surface area contributed by atoms with Crippen molar-refractivity contribution in [3.63, 3.8) is 0 Å². The van der Waals surface area contributed by atoms with Crippen molar-refractivity contribution in [1.29, 1.82) is 0 Å². The number of fused-ring (bicyclic) bond motifs is 1. The van der Waals surface area contributed by atoms with Gasteiger partial charge in [-0.2, -0.15) is 0 Å². The first kappa shape index (κ1) is 18.5. The molecule has 1 heterocycles. The smallest absolute Gasteiger partial charge is 0.214 e. The molecule has 0 aliphatic heterocycles. The van der Waals surface area contributed by atoms with E-state index in [4.69, 9.17) is 9.47 Å². The van der Waals surface area contributed by atoms with Crippen molar-refractivity contribution in [3.05, 3.63) is 82.6 Å². The molecule has 0 saturated heterocycles. The second kappa shape index (κ2) is 8.40. The lowest BCUT2D eigenvalue weighted by molar-refractivity contribution is -0.481. The van der Waals surface area contributed by atoms with E-state index in [2.05, 4.69) is 11.6 Å². The molecule has 1 atom stereocenters. The van der Waals surface area contributed by atoms with Crippen LogP contribution < -0.4 is 9.47 Å². The summed E-state index contributed by atoms with van der Waals surface area (Å²) >= 11 is 0. The van der Waals surface area contributed by atoms with Gasteiger partial charge in [-0.3, -0.25) is 10.1 Å². The minimum Gasteiger partial charge on any atom is -0.490 e. The predicted octanol–water partition coefficient (Wildman–Crippen LogP) is 4.54. The van der Waals surface area contributed by atoms with Crippen LogP contribution in [0.15, 0.2) is 61.3 Å². The average molecular weight is 366 g/mol. The maximum Gasteiger partial charge on any atom is 0.214 e. The predicted molar refractivity (Wildman–Crippen MR) is 105 cm³/mol. The molecule has 0 radical (unpaired) electrons. The first-order valence-corrected chi connectivity index (χ1v) is 8.82. The number of aromatic amines is 1. The summed E-state index contributed by atoms with van der Waals surface area (Å²) in [4.78, 5) is 14.3. The molecule has 0 spiro atoms. The highest BCUT2D eigenvalue weighted by atomic mass is 16.6. The summed E-state index contributed by atoms with van der Waals surface area (Å²) in [6.45, 7) is 6.16. The van der Waals surface area contributed by atoms with Gasteiger partial charge in [-0.1, -0.05) is 36.9 Å². The van der Waals surface area contributed by atoms with E-state index in [1.807, 2.05) is 49.5 Å². The molecule has 0 aliphatic carbocycles. The fraction of sp³-hybridized carbons (Fsp3) is 0.238. The largest absolute Gasteiger partial charge is 0.490 e. The number of benzene rings is 2. The molecule has 3 aromatic rings. The summed E-state index contributed by atoms with van der Waals surface area (Å²) in [7, 11) is 0. The van der Waals surface area contributed by atoms with E-state index in [1.54, 1.807) is 12.1 Å². The summed E-state index contributed by atoms with van der Waals surface area (Å²) in [5.41, 5.74) is 2.66. The third-order valence-electron chi connectivity index (χ3n) is 4.35. The molecule has 0 unspecified atom stereocenters. The van der Waals surface area contributed by atoms with E-state index in [0.717, 1.165) is 22.0 Å². The number of H-pyrrole nitrogens is 1. The molecule has 0 aliphatic rings. The van der Waals surface area contributed by atoms with Crippen molar-refractivity contribution >= 4 is 10.9 Å². The number of nitrogens with one attached hydrogen (secondary N) is 1. The van der Waals surface area contributed by atoms with Gasteiger partial charge in [0.1, 0.15) is 6.61 Å². The monoisotopic (exact) mass is 366 g/mol. The zero-order valence-electron chi connectivity index (χ0n) is 15.2. The SMILES string of the molecule is C=CCOc1ccc([C@H](C[N+](=O)[O-])c2c[nH]c3ccccc23)cc1OCC. The molecule has 0 fully saturated rings. The van der Waals surface area contributed by atoms with Gasteiger partial charge in [0.2, 0.25) is 6.54 Å². The molecule has 6 heteroatoms. The van der Waals surface area contributed by atoms with E-state index in [9.17, 15) is 10.1 Å². The number of para-hydroxylation sites is 1. The second-order valence-corrected chi connectivity index (χ2v) is 6.10. The van der Waals surface area contributed by atoms with Crippen LogP contribution in [0, 0.1) is 10.1 Å². The van der Waals surface area contributed by atoms with Crippen LogP contribution in [0.2, 0.25) is 0 Å². The van der Waals surface area contributed by atoms with Crippen LogP contribution >= 0.6 is 0 Å². The van der Waals surface area contributed by atoms with Crippen molar-refractivity contribution in [2.24, 2.45) is 0 Å². The lowest BCUT2D eigenvalue weighted by Crippen LogP contribution is -2.14. The maximum absolute atomic E-state index is 11.4. The van der Waals surface area contributed by atoms with Crippen LogP contribution in [0.25, 0.3) is 10.9 Å². The Morgan fingerprint density at radius 1 is 1.22 bits per heavy atom. The Morgan fingerprint density at radius 3 is 2.78 bits per heavy atom. The van der Waals surface area contributed by atoms with Crippen LogP contribution in [0.3, 0.4) is 0 Å². The van der Waals surface area contributed by atoms with Gasteiger partial charge in [0.25, 0.3) is 0 Å². The average Bonchev–Trinajstić information content (AvgIpc) is 3.09. The molecule has 3 rings (SSSR count). The number of nitrogens with zero attached hydrogens (tertiary/aromatic N) is 1. The maximum atomic E-state index is 11.4. The highest BCUT2D eigenvalue weighted by Gasteiger charge is 2.24. The number of aromatic nitrogens is 1. The zero-order valence-corrected chi connectivity index (χ0v) is 15.2. The van der Waals surface area contributed by atoms with Crippen LogP contribution in [0.5, 0.6) is 11.5 Å².